The Morgan fingerprint density at radius 2 is 1.83 bits per heavy atom. The zero-order valence-electron chi connectivity index (χ0n) is 19.6. The molecular formula is C23H24F4N8O. The van der Waals surface area contributed by atoms with Crippen molar-refractivity contribution in [1.82, 2.24) is 15.0 Å². The molecule has 1 saturated heterocycles. The predicted octanol–water partition coefficient (Wildman–Crippen LogP) is 4.12. The second kappa shape index (κ2) is 10.7. The van der Waals surface area contributed by atoms with Crippen LogP contribution in [0.2, 0.25) is 0 Å². The molecule has 2 N–H and O–H groups in total. The van der Waals surface area contributed by atoms with Crippen molar-refractivity contribution in [1.29, 1.82) is 0 Å². The molecule has 1 aliphatic heterocycles. The van der Waals surface area contributed by atoms with E-state index in [2.05, 4.69) is 30.8 Å². The van der Waals surface area contributed by atoms with Crippen molar-refractivity contribution < 1.29 is 22.3 Å². The first-order valence-corrected chi connectivity index (χ1v) is 11.0. The summed E-state index contributed by atoms with van der Waals surface area (Å²) in [4.78, 5) is 15.7. The topological polar surface area (TPSA) is 90.8 Å². The number of nitrogens with one attached hydrogen (secondary N) is 2. The van der Waals surface area contributed by atoms with Crippen LogP contribution in [0.1, 0.15) is 11.3 Å². The fraction of sp³-hybridized carbons (Fsp3) is 0.304. The van der Waals surface area contributed by atoms with Gasteiger partial charge in [0.2, 0.25) is 5.95 Å². The van der Waals surface area contributed by atoms with Crippen LogP contribution in [0.3, 0.4) is 0 Å². The van der Waals surface area contributed by atoms with E-state index in [0.29, 0.717) is 43.4 Å². The molecule has 0 unspecified atom stereocenters. The van der Waals surface area contributed by atoms with Crippen molar-refractivity contribution >= 4 is 35.0 Å². The number of nitrogens with zero attached hydrogens (tertiary/aromatic N) is 6. The summed E-state index contributed by atoms with van der Waals surface area (Å²) in [6.07, 6.45) is -0.504. The molecule has 3 aromatic rings. The molecule has 13 heteroatoms. The van der Waals surface area contributed by atoms with E-state index in [4.69, 9.17) is 4.74 Å². The van der Waals surface area contributed by atoms with Gasteiger partial charge in [-0.1, -0.05) is 0 Å². The lowest BCUT2D eigenvalue weighted by atomic mass is 10.1. The highest BCUT2D eigenvalue weighted by Crippen LogP contribution is 2.34. The van der Waals surface area contributed by atoms with Gasteiger partial charge in [-0.25, -0.2) is 14.8 Å². The maximum Gasteiger partial charge on any atom is 0.416 e. The van der Waals surface area contributed by atoms with E-state index >= 15 is 0 Å². The summed E-state index contributed by atoms with van der Waals surface area (Å²) in [5.41, 5.74) is 3.56. The van der Waals surface area contributed by atoms with Crippen molar-refractivity contribution in [3.8, 4) is 0 Å². The second-order valence-corrected chi connectivity index (χ2v) is 8.09. The number of pyridine rings is 1. The lowest BCUT2D eigenvalue weighted by Gasteiger charge is -2.27. The van der Waals surface area contributed by atoms with E-state index in [1.807, 2.05) is 0 Å². The molecule has 0 atom stereocenters. The van der Waals surface area contributed by atoms with Gasteiger partial charge in [0.1, 0.15) is 0 Å². The predicted molar refractivity (Wildman–Crippen MR) is 130 cm³/mol. The molecule has 36 heavy (non-hydrogen) atoms. The lowest BCUT2D eigenvalue weighted by molar-refractivity contribution is -0.137. The molecular weight excluding hydrogens is 480 g/mol. The highest BCUT2D eigenvalue weighted by Gasteiger charge is 2.31. The number of alkyl halides is 3. The maximum absolute atomic E-state index is 14.1. The molecule has 1 fully saturated rings. The van der Waals surface area contributed by atoms with Gasteiger partial charge in [-0.15, -0.1) is 0 Å². The third kappa shape index (κ3) is 6.36. The SMILES string of the molecule is CN(C)c1cc(Nc2ccc(/C=N/Nc3ncc(F)c(N4CCOCC4)n3)nc2)cc(C(F)(F)F)c1. The van der Waals surface area contributed by atoms with Crippen molar-refractivity contribution in [3.05, 3.63) is 59.8 Å². The molecule has 9 nitrogen and oxygen atoms in total. The Morgan fingerprint density at radius 1 is 1.06 bits per heavy atom. The van der Waals surface area contributed by atoms with Gasteiger partial charge in [0, 0.05) is 38.6 Å². The molecule has 2 aromatic heterocycles. The Kier molecular flexibility index (Phi) is 7.48. The van der Waals surface area contributed by atoms with E-state index in [-0.39, 0.29) is 17.5 Å². The summed E-state index contributed by atoms with van der Waals surface area (Å²) < 4.78 is 59.2. The number of morpholine rings is 1. The van der Waals surface area contributed by atoms with Gasteiger partial charge < -0.3 is 19.9 Å². The normalized spacial score (nSPS) is 14.2. The number of aromatic nitrogens is 3. The summed E-state index contributed by atoms with van der Waals surface area (Å²) >= 11 is 0. The van der Waals surface area contributed by atoms with Crippen molar-refractivity contribution in [3.63, 3.8) is 0 Å². The molecule has 190 valence electrons. The van der Waals surface area contributed by atoms with Gasteiger partial charge in [-0.05, 0) is 30.3 Å². The monoisotopic (exact) mass is 504 g/mol. The quantitative estimate of drug-likeness (QED) is 0.282. The Morgan fingerprint density at radius 3 is 2.50 bits per heavy atom. The highest BCUT2D eigenvalue weighted by atomic mass is 19.4. The number of benzene rings is 1. The minimum atomic E-state index is -4.47. The third-order valence-electron chi connectivity index (χ3n) is 5.23. The molecule has 0 spiro atoms. The molecule has 4 rings (SSSR count). The van der Waals surface area contributed by atoms with Crippen molar-refractivity contribution in [2.75, 3.05) is 60.9 Å². The Hall–Kier alpha value is -4.00. The number of ether oxygens (including phenoxy) is 1. The van der Waals surface area contributed by atoms with E-state index in [1.54, 1.807) is 42.1 Å². The van der Waals surface area contributed by atoms with Crippen LogP contribution in [-0.2, 0) is 10.9 Å². The Bertz CT molecular complexity index is 1210. The standard InChI is InChI=1S/C23H24F4N8O/c1-34(2)19-10-15(23(25,26)27)9-18(11-19)31-17-4-3-16(28-12-17)13-30-33-22-29-14-20(24)21(32-22)35-5-7-36-8-6-35/h3-4,9-14,31H,5-8H2,1-2H3,(H,29,32,33)/b30-13+. The summed E-state index contributed by atoms with van der Waals surface area (Å²) in [5.74, 6) is -0.241. The van der Waals surface area contributed by atoms with Crippen LogP contribution in [0.25, 0.3) is 0 Å². The van der Waals surface area contributed by atoms with Crippen molar-refractivity contribution in [2.45, 2.75) is 6.18 Å². The number of halogens is 4. The Labute approximate surface area is 204 Å². The van der Waals surface area contributed by atoms with E-state index in [0.717, 1.165) is 18.3 Å². The van der Waals surface area contributed by atoms with Gasteiger partial charge in [-0.3, -0.25) is 4.98 Å². The zero-order chi connectivity index (χ0) is 25.7. The molecule has 0 saturated carbocycles. The van der Waals surface area contributed by atoms with Crippen LogP contribution in [0.5, 0.6) is 0 Å². The minimum Gasteiger partial charge on any atom is -0.378 e. The molecule has 1 aromatic carbocycles. The zero-order valence-corrected chi connectivity index (χ0v) is 19.6. The lowest BCUT2D eigenvalue weighted by Crippen LogP contribution is -2.37. The number of hydrazone groups is 1. The van der Waals surface area contributed by atoms with Crippen LogP contribution in [0.15, 0.2) is 47.8 Å². The van der Waals surface area contributed by atoms with Gasteiger partial charge in [0.25, 0.3) is 0 Å². The highest BCUT2D eigenvalue weighted by molar-refractivity contribution is 5.78. The Balaban J connectivity index is 1.41. The van der Waals surface area contributed by atoms with Gasteiger partial charge in [-0.2, -0.15) is 23.3 Å². The largest absolute Gasteiger partial charge is 0.416 e. The summed E-state index contributed by atoms with van der Waals surface area (Å²) in [5, 5.41) is 6.98. The molecule has 0 aliphatic carbocycles. The second-order valence-electron chi connectivity index (χ2n) is 8.09. The first-order valence-electron chi connectivity index (χ1n) is 11.0. The van der Waals surface area contributed by atoms with E-state index < -0.39 is 17.6 Å². The summed E-state index contributed by atoms with van der Waals surface area (Å²) in [6, 6.07) is 7.04. The average molecular weight is 504 g/mol. The van der Waals surface area contributed by atoms with Crippen LogP contribution in [0.4, 0.5) is 46.4 Å². The smallest absolute Gasteiger partial charge is 0.378 e. The molecule has 0 radical (unpaired) electrons. The van der Waals surface area contributed by atoms with E-state index in [9.17, 15) is 17.6 Å². The van der Waals surface area contributed by atoms with Crippen LogP contribution in [-0.4, -0.2) is 61.6 Å². The summed E-state index contributed by atoms with van der Waals surface area (Å²) in [6.45, 7) is 2.03. The minimum absolute atomic E-state index is 0.119. The number of anilines is 5. The van der Waals surface area contributed by atoms with Crippen LogP contribution < -0.4 is 20.5 Å². The maximum atomic E-state index is 14.1. The first-order chi connectivity index (χ1) is 17.2. The van der Waals surface area contributed by atoms with Crippen LogP contribution in [0, 0.1) is 5.82 Å². The van der Waals surface area contributed by atoms with Crippen molar-refractivity contribution in [2.24, 2.45) is 5.10 Å². The molecule has 0 bridgehead atoms. The average Bonchev–Trinajstić information content (AvgIpc) is 2.86. The summed E-state index contributed by atoms with van der Waals surface area (Å²) in [7, 11) is 3.34. The van der Waals surface area contributed by atoms with Crippen LogP contribution >= 0.6 is 0 Å². The third-order valence-corrected chi connectivity index (χ3v) is 5.23. The number of hydrogen-bond donors (Lipinski definition) is 2. The molecule has 3 heterocycles. The van der Waals surface area contributed by atoms with E-state index in [1.165, 1.54) is 12.4 Å². The molecule has 1 aliphatic rings. The van der Waals surface area contributed by atoms with Gasteiger partial charge >= 0.3 is 6.18 Å². The number of rotatable bonds is 7. The molecule has 0 amide bonds. The fourth-order valence-corrected chi connectivity index (χ4v) is 3.39. The fourth-order valence-electron chi connectivity index (χ4n) is 3.39. The first kappa shape index (κ1) is 25.1. The van der Waals surface area contributed by atoms with Gasteiger partial charge in [0.15, 0.2) is 11.6 Å². The number of hydrogen-bond acceptors (Lipinski definition) is 9. The van der Waals surface area contributed by atoms with Gasteiger partial charge in [0.05, 0.1) is 48.8 Å².